The van der Waals surface area contributed by atoms with E-state index in [1.165, 1.54) is 68.3 Å². The highest BCUT2D eigenvalue weighted by atomic mass is 16.3. The molecule has 25 heavy (non-hydrogen) atoms. The van der Waals surface area contributed by atoms with Crippen LogP contribution in [0.4, 0.5) is 0 Å². The van der Waals surface area contributed by atoms with Gasteiger partial charge in [-0.1, -0.05) is 31.6 Å². The van der Waals surface area contributed by atoms with Crippen molar-refractivity contribution in [3.63, 3.8) is 0 Å². The number of phenols is 1. The van der Waals surface area contributed by atoms with E-state index in [0.29, 0.717) is 17.7 Å². The van der Waals surface area contributed by atoms with Gasteiger partial charge in [0.1, 0.15) is 5.75 Å². The summed E-state index contributed by atoms with van der Waals surface area (Å²) >= 11 is 0. The molecule has 3 unspecified atom stereocenters. The number of benzene rings is 1. The zero-order valence-electron chi connectivity index (χ0n) is 15.5. The molecule has 0 aromatic heterocycles. The van der Waals surface area contributed by atoms with Crippen molar-refractivity contribution in [3.8, 4) is 5.75 Å². The molecule has 1 aromatic rings. The smallest absolute Gasteiger partial charge is 0.115 e. The summed E-state index contributed by atoms with van der Waals surface area (Å²) in [6.07, 6.45) is 9.05. The van der Waals surface area contributed by atoms with Gasteiger partial charge in [0.2, 0.25) is 0 Å². The van der Waals surface area contributed by atoms with E-state index in [1.807, 2.05) is 6.07 Å². The van der Waals surface area contributed by atoms with Crippen molar-refractivity contribution in [3.05, 3.63) is 41.5 Å². The van der Waals surface area contributed by atoms with E-state index in [0.717, 1.165) is 18.3 Å². The Balaban J connectivity index is 1.59. The molecule has 5 rings (SSSR count). The van der Waals surface area contributed by atoms with Crippen LogP contribution in [0, 0.1) is 17.8 Å². The molecule has 2 heteroatoms. The van der Waals surface area contributed by atoms with Crippen LogP contribution in [0.15, 0.2) is 30.4 Å². The summed E-state index contributed by atoms with van der Waals surface area (Å²) in [5, 5.41) is 10.2. The Morgan fingerprint density at radius 3 is 2.88 bits per heavy atom. The van der Waals surface area contributed by atoms with E-state index >= 15 is 0 Å². The maximum Gasteiger partial charge on any atom is 0.115 e. The highest BCUT2D eigenvalue weighted by Gasteiger charge is 2.56. The predicted molar refractivity (Wildman–Crippen MR) is 102 cm³/mol. The summed E-state index contributed by atoms with van der Waals surface area (Å²) in [6.45, 7) is 9.41. The van der Waals surface area contributed by atoms with Crippen LogP contribution in [0.25, 0.3) is 0 Å². The van der Waals surface area contributed by atoms with Crippen LogP contribution in [0.1, 0.15) is 56.6 Å². The number of fused-ring (bicyclic) bond motifs is 1. The number of phenolic OH excluding ortho intramolecular Hbond substituents is 1. The number of piperidine rings is 1. The van der Waals surface area contributed by atoms with Crippen LogP contribution in [0.5, 0.6) is 5.75 Å². The van der Waals surface area contributed by atoms with Crippen LogP contribution in [-0.2, 0) is 11.8 Å². The van der Waals surface area contributed by atoms with Crippen LogP contribution in [-0.4, -0.2) is 29.1 Å². The average Bonchev–Trinajstić information content (AvgIpc) is 2.52. The SMILES string of the molecule is C=C1CC(C)C2[C@H]3Cc4ccc(O)cc4C2(CCN3CC2CCC2)C1. The topological polar surface area (TPSA) is 23.5 Å². The molecular formula is C23H31NO. The lowest BCUT2D eigenvalue weighted by atomic mass is 9.49. The molecule has 1 saturated heterocycles. The van der Waals surface area contributed by atoms with E-state index in [9.17, 15) is 5.11 Å². The molecule has 2 bridgehead atoms. The molecule has 1 N–H and O–H groups in total. The number of likely N-dealkylation sites (tertiary alicyclic amines) is 1. The van der Waals surface area contributed by atoms with Crippen molar-refractivity contribution in [1.29, 1.82) is 0 Å². The minimum atomic E-state index is 0.224. The summed E-state index contributed by atoms with van der Waals surface area (Å²) in [7, 11) is 0. The average molecular weight is 338 g/mol. The van der Waals surface area contributed by atoms with Gasteiger partial charge in [0, 0.05) is 18.0 Å². The lowest BCUT2D eigenvalue weighted by Gasteiger charge is -2.62. The van der Waals surface area contributed by atoms with Gasteiger partial charge in [0.25, 0.3) is 0 Å². The third-order valence-corrected chi connectivity index (χ3v) is 7.93. The van der Waals surface area contributed by atoms with Crippen LogP contribution in [0.2, 0.25) is 0 Å². The molecule has 3 aliphatic carbocycles. The molecule has 1 aromatic carbocycles. The van der Waals surface area contributed by atoms with Gasteiger partial charge in [-0.15, -0.1) is 0 Å². The summed E-state index contributed by atoms with van der Waals surface area (Å²) in [5.41, 5.74) is 4.58. The van der Waals surface area contributed by atoms with Gasteiger partial charge in [0.15, 0.2) is 0 Å². The van der Waals surface area contributed by atoms with Crippen LogP contribution < -0.4 is 0 Å². The fourth-order valence-corrected chi connectivity index (χ4v) is 6.83. The third-order valence-electron chi connectivity index (χ3n) is 7.93. The number of hydrogen-bond acceptors (Lipinski definition) is 2. The number of hydrogen-bond donors (Lipinski definition) is 1. The van der Waals surface area contributed by atoms with Crippen molar-refractivity contribution in [2.75, 3.05) is 13.1 Å². The summed E-state index contributed by atoms with van der Waals surface area (Å²) in [6, 6.07) is 6.87. The molecular weight excluding hydrogens is 306 g/mol. The summed E-state index contributed by atoms with van der Waals surface area (Å²) in [5.74, 6) is 2.81. The normalized spacial score (nSPS) is 38.0. The molecule has 0 radical (unpaired) electrons. The Hall–Kier alpha value is -1.28. The van der Waals surface area contributed by atoms with Crippen molar-refractivity contribution >= 4 is 0 Å². The highest BCUT2D eigenvalue weighted by Crippen LogP contribution is 2.59. The van der Waals surface area contributed by atoms with Gasteiger partial charge >= 0.3 is 0 Å². The summed E-state index contributed by atoms with van der Waals surface area (Å²) < 4.78 is 0. The van der Waals surface area contributed by atoms with Crippen LogP contribution >= 0.6 is 0 Å². The van der Waals surface area contributed by atoms with E-state index < -0.39 is 0 Å². The monoisotopic (exact) mass is 337 g/mol. The molecule has 4 atom stereocenters. The van der Waals surface area contributed by atoms with Crippen molar-refractivity contribution in [2.45, 2.75) is 63.3 Å². The predicted octanol–water partition coefficient (Wildman–Crippen LogP) is 4.66. The minimum absolute atomic E-state index is 0.224. The lowest BCUT2D eigenvalue weighted by Crippen LogP contribution is -2.63. The van der Waals surface area contributed by atoms with Gasteiger partial charge in [0.05, 0.1) is 0 Å². The number of aromatic hydroxyl groups is 1. The number of nitrogens with zero attached hydrogens (tertiary/aromatic N) is 1. The molecule has 0 spiro atoms. The molecule has 134 valence electrons. The Morgan fingerprint density at radius 1 is 1.28 bits per heavy atom. The van der Waals surface area contributed by atoms with Gasteiger partial charge in [-0.25, -0.2) is 0 Å². The first-order valence-corrected chi connectivity index (χ1v) is 10.3. The van der Waals surface area contributed by atoms with E-state index in [2.05, 4.69) is 30.5 Å². The van der Waals surface area contributed by atoms with E-state index in [4.69, 9.17) is 0 Å². The molecule has 2 nitrogen and oxygen atoms in total. The molecule has 3 fully saturated rings. The molecule has 0 amide bonds. The van der Waals surface area contributed by atoms with Gasteiger partial charge < -0.3 is 5.11 Å². The Labute approximate surface area is 151 Å². The van der Waals surface area contributed by atoms with E-state index in [-0.39, 0.29) is 5.41 Å². The van der Waals surface area contributed by atoms with Gasteiger partial charge in [-0.3, -0.25) is 4.90 Å². The fourth-order valence-electron chi connectivity index (χ4n) is 6.83. The fraction of sp³-hybridized carbons (Fsp3) is 0.652. The molecule has 1 aliphatic heterocycles. The maximum atomic E-state index is 10.2. The zero-order chi connectivity index (χ0) is 17.2. The molecule has 1 heterocycles. The van der Waals surface area contributed by atoms with Crippen molar-refractivity contribution in [2.24, 2.45) is 17.8 Å². The molecule has 2 saturated carbocycles. The molecule has 4 aliphatic rings. The number of allylic oxidation sites excluding steroid dienone is 1. The first-order chi connectivity index (χ1) is 12.1. The first kappa shape index (κ1) is 15.9. The van der Waals surface area contributed by atoms with Crippen molar-refractivity contribution in [1.82, 2.24) is 4.90 Å². The third kappa shape index (κ3) is 2.33. The number of rotatable bonds is 2. The van der Waals surface area contributed by atoms with Crippen LogP contribution in [0.3, 0.4) is 0 Å². The quantitative estimate of drug-likeness (QED) is 0.793. The summed E-state index contributed by atoms with van der Waals surface area (Å²) in [4.78, 5) is 2.85. The largest absolute Gasteiger partial charge is 0.508 e. The zero-order valence-corrected chi connectivity index (χ0v) is 15.5. The lowest BCUT2D eigenvalue weighted by molar-refractivity contribution is -0.0376. The minimum Gasteiger partial charge on any atom is -0.508 e. The Kier molecular flexibility index (Phi) is 3.57. The van der Waals surface area contributed by atoms with Crippen molar-refractivity contribution < 1.29 is 5.11 Å². The first-order valence-electron chi connectivity index (χ1n) is 10.3. The second-order valence-electron chi connectivity index (χ2n) is 9.44. The van der Waals surface area contributed by atoms with E-state index in [1.54, 1.807) is 0 Å². The van der Waals surface area contributed by atoms with Gasteiger partial charge in [-0.05, 0) is 86.1 Å². The Bertz CT molecular complexity index is 706. The van der Waals surface area contributed by atoms with Gasteiger partial charge in [-0.2, -0.15) is 0 Å². The maximum absolute atomic E-state index is 10.2. The highest BCUT2D eigenvalue weighted by molar-refractivity contribution is 5.46. The standard InChI is InChI=1S/C23H31NO/c1-15-10-16(2)22-21-11-18-6-7-19(25)12-20(18)23(22,13-15)8-9-24(21)14-17-4-3-5-17/h6-7,12,16-17,21-22,25H,1,3-5,8-11,13-14H2,2H3/t16?,21-,22?,23?/m1/s1. The second kappa shape index (κ2) is 5.61. The Morgan fingerprint density at radius 2 is 2.12 bits per heavy atom. The second-order valence-corrected chi connectivity index (χ2v) is 9.44.